The van der Waals surface area contributed by atoms with Gasteiger partial charge in [0.15, 0.2) is 5.11 Å². The number of rotatable bonds is 4. The number of thiocarbonyl (C=S) groups is 1. The van der Waals surface area contributed by atoms with Crippen LogP contribution in [0.4, 0.5) is 0 Å². The summed E-state index contributed by atoms with van der Waals surface area (Å²) >= 11 is 5.28. The van der Waals surface area contributed by atoms with Gasteiger partial charge in [0, 0.05) is 37.9 Å². The Balaban J connectivity index is 2.81. The average molecular weight is 254 g/mol. The van der Waals surface area contributed by atoms with Crippen LogP contribution in [-0.4, -0.2) is 33.4 Å². The van der Waals surface area contributed by atoms with Gasteiger partial charge in [0.05, 0.1) is 5.69 Å². The van der Waals surface area contributed by atoms with E-state index < -0.39 is 0 Å². The Kier molecular flexibility index (Phi) is 4.93. The first-order valence-electron chi connectivity index (χ1n) is 6.03. The summed E-state index contributed by atoms with van der Waals surface area (Å²) in [6.07, 6.45) is 0. The zero-order chi connectivity index (χ0) is 13.0. The molecule has 0 fully saturated rings. The maximum atomic E-state index is 5.28. The van der Waals surface area contributed by atoms with E-state index in [-0.39, 0.29) is 0 Å². The van der Waals surface area contributed by atoms with E-state index in [2.05, 4.69) is 36.1 Å². The normalized spacial score (nSPS) is 10.4. The van der Waals surface area contributed by atoms with Crippen molar-refractivity contribution in [3.63, 3.8) is 0 Å². The predicted octanol–water partition coefficient (Wildman–Crippen LogP) is 1.85. The van der Waals surface area contributed by atoms with Crippen LogP contribution in [0.3, 0.4) is 0 Å². The molecule has 0 bridgehead atoms. The van der Waals surface area contributed by atoms with Gasteiger partial charge in [-0.1, -0.05) is 0 Å². The van der Waals surface area contributed by atoms with Crippen LogP contribution in [-0.2, 0) is 13.1 Å². The van der Waals surface area contributed by atoms with Crippen LogP contribution in [0, 0.1) is 13.8 Å². The van der Waals surface area contributed by atoms with E-state index in [0.717, 1.165) is 30.4 Å². The molecule has 0 aliphatic heterocycles. The Labute approximate surface area is 109 Å². The van der Waals surface area contributed by atoms with E-state index in [1.54, 1.807) is 0 Å². The fraction of sp³-hybridized carbons (Fsp3) is 0.667. The first-order chi connectivity index (χ1) is 8.01. The van der Waals surface area contributed by atoms with E-state index in [0.29, 0.717) is 0 Å². The van der Waals surface area contributed by atoms with Crippen molar-refractivity contribution in [3.05, 3.63) is 17.0 Å². The predicted molar refractivity (Wildman–Crippen MR) is 75.1 cm³/mol. The summed E-state index contributed by atoms with van der Waals surface area (Å²) in [6.45, 7) is 10.9. The molecule has 0 amide bonds. The summed E-state index contributed by atoms with van der Waals surface area (Å²) < 4.78 is 2.04. The highest BCUT2D eigenvalue weighted by molar-refractivity contribution is 7.80. The molecule has 1 N–H and O–H groups in total. The highest BCUT2D eigenvalue weighted by atomic mass is 32.1. The van der Waals surface area contributed by atoms with Gasteiger partial charge in [-0.3, -0.25) is 4.68 Å². The number of nitrogens with zero attached hydrogens (tertiary/aromatic N) is 3. The second-order valence-corrected chi connectivity index (χ2v) is 4.54. The number of nitrogens with one attached hydrogen (secondary N) is 1. The summed E-state index contributed by atoms with van der Waals surface area (Å²) in [5.74, 6) is 0. The molecule has 1 heterocycles. The largest absolute Gasteiger partial charge is 0.363 e. The van der Waals surface area contributed by atoms with Crippen LogP contribution in [0.15, 0.2) is 0 Å². The third kappa shape index (κ3) is 3.19. The summed E-state index contributed by atoms with van der Waals surface area (Å²) in [7, 11) is 2.01. The third-order valence-corrected chi connectivity index (χ3v) is 3.36. The minimum absolute atomic E-state index is 0.788. The molecule has 0 atom stereocenters. The van der Waals surface area contributed by atoms with Crippen molar-refractivity contribution in [1.29, 1.82) is 0 Å². The van der Waals surface area contributed by atoms with Gasteiger partial charge in [0.25, 0.3) is 0 Å². The van der Waals surface area contributed by atoms with Crippen molar-refractivity contribution in [1.82, 2.24) is 20.0 Å². The van der Waals surface area contributed by atoms with Gasteiger partial charge < -0.3 is 10.2 Å². The Morgan fingerprint density at radius 2 is 2.06 bits per heavy atom. The average Bonchev–Trinajstić information content (AvgIpc) is 2.56. The minimum Gasteiger partial charge on any atom is -0.363 e. The molecule has 0 saturated heterocycles. The van der Waals surface area contributed by atoms with E-state index in [1.165, 1.54) is 11.3 Å². The van der Waals surface area contributed by atoms with E-state index in [4.69, 9.17) is 12.2 Å². The van der Waals surface area contributed by atoms with Crippen LogP contribution in [0.1, 0.15) is 30.8 Å². The van der Waals surface area contributed by atoms with Crippen LogP contribution >= 0.6 is 12.2 Å². The topological polar surface area (TPSA) is 33.1 Å². The van der Waals surface area contributed by atoms with Crippen LogP contribution in [0.25, 0.3) is 0 Å². The molecule has 0 aromatic carbocycles. The fourth-order valence-electron chi connectivity index (χ4n) is 1.87. The Bertz CT molecular complexity index is 397. The van der Waals surface area contributed by atoms with Crippen LogP contribution in [0.2, 0.25) is 0 Å². The van der Waals surface area contributed by atoms with E-state index in [1.807, 2.05) is 18.7 Å². The lowest BCUT2D eigenvalue weighted by Gasteiger charge is -2.20. The molecule has 0 saturated carbocycles. The number of aromatic nitrogens is 2. The third-order valence-electron chi connectivity index (χ3n) is 2.90. The van der Waals surface area contributed by atoms with Crippen molar-refractivity contribution in [2.24, 2.45) is 0 Å². The number of hydrogen-bond donors (Lipinski definition) is 1. The molecule has 4 nitrogen and oxygen atoms in total. The number of aryl methyl sites for hydroxylation is 2. The molecular formula is C12H22N4S. The minimum atomic E-state index is 0.788. The Morgan fingerprint density at radius 1 is 1.41 bits per heavy atom. The van der Waals surface area contributed by atoms with Gasteiger partial charge in [0.2, 0.25) is 0 Å². The Morgan fingerprint density at radius 3 is 2.53 bits per heavy atom. The molecule has 96 valence electrons. The second-order valence-electron chi connectivity index (χ2n) is 4.16. The summed E-state index contributed by atoms with van der Waals surface area (Å²) in [4.78, 5) is 2.05. The van der Waals surface area contributed by atoms with Gasteiger partial charge in [-0.05, 0) is 39.9 Å². The van der Waals surface area contributed by atoms with E-state index in [9.17, 15) is 0 Å². The molecule has 0 aliphatic rings. The zero-order valence-electron chi connectivity index (χ0n) is 11.4. The summed E-state index contributed by atoms with van der Waals surface area (Å²) in [5.41, 5.74) is 3.60. The summed E-state index contributed by atoms with van der Waals surface area (Å²) in [6, 6.07) is 0. The van der Waals surface area contributed by atoms with Crippen LogP contribution < -0.4 is 5.32 Å². The van der Waals surface area contributed by atoms with Crippen LogP contribution in [0.5, 0.6) is 0 Å². The lowest BCUT2D eigenvalue weighted by Crippen LogP contribution is -2.36. The lowest BCUT2D eigenvalue weighted by molar-refractivity contribution is 0.487. The second kappa shape index (κ2) is 6.00. The highest BCUT2D eigenvalue weighted by Gasteiger charge is 2.13. The number of hydrogen-bond acceptors (Lipinski definition) is 2. The van der Waals surface area contributed by atoms with Gasteiger partial charge in [-0.2, -0.15) is 5.10 Å². The molecule has 17 heavy (non-hydrogen) atoms. The first kappa shape index (κ1) is 14.0. The molecule has 0 spiro atoms. The van der Waals surface area contributed by atoms with Gasteiger partial charge in [0.1, 0.15) is 0 Å². The van der Waals surface area contributed by atoms with Crippen molar-refractivity contribution in [2.45, 2.75) is 40.8 Å². The molecule has 1 rings (SSSR count). The molecule has 1 aromatic heterocycles. The first-order valence-corrected chi connectivity index (χ1v) is 6.43. The van der Waals surface area contributed by atoms with Crippen molar-refractivity contribution < 1.29 is 0 Å². The Hall–Kier alpha value is -1.10. The lowest BCUT2D eigenvalue weighted by atomic mass is 10.2. The van der Waals surface area contributed by atoms with Gasteiger partial charge >= 0.3 is 0 Å². The summed E-state index contributed by atoms with van der Waals surface area (Å²) in [5, 5.41) is 8.46. The molecule has 1 aromatic rings. The highest BCUT2D eigenvalue weighted by Crippen LogP contribution is 2.14. The van der Waals surface area contributed by atoms with Crippen molar-refractivity contribution >= 4 is 17.3 Å². The molecule has 0 radical (unpaired) electrons. The standard InChI is InChI=1S/C12H22N4S/c1-6-13-12(17)15(5)8-11-9(3)14-16(7-2)10(11)4/h6-8H2,1-5H3,(H,13,17). The zero-order valence-corrected chi connectivity index (χ0v) is 12.2. The quantitative estimate of drug-likeness (QED) is 0.831. The molecule has 0 unspecified atom stereocenters. The van der Waals surface area contributed by atoms with Crippen molar-refractivity contribution in [3.8, 4) is 0 Å². The van der Waals surface area contributed by atoms with Gasteiger partial charge in [-0.15, -0.1) is 0 Å². The molecule has 0 aliphatic carbocycles. The van der Waals surface area contributed by atoms with Crippen molar-refractivity contribution in [2.75, 3.05) is 13.6 Å². The molecule has 5 heteroatoms. The van der Waals surface area contributed by atoms with Gasteiger partial charge in [-0.25, -0.2) is 0 Å². The fourth-order valence-corrected chi connectivity index (χ4v) is 2.07. The maximum absolute atomic E-state index is 5.28. The molecular weight excluding hydrogens is 232 g/mol. The smallest absolute Gasteiger partial charge is 0.168 e. The van der Waals surface area contributed by atoms with E-state index >= 15 is 0 Å². The SMILES string of the molecule is CCNC(=S)N(C)Cc1c(C)nn(CC)c1C. The maximum Gasteiger partial charge on any atom is 0.168 e. The monoisotopic (exact) mass is 254 g/mol.